The third kappa shape index (κ3) is 3.55. The summed E-state index contributed by atoms with van der Waals surface area (Å²) in [6, 6.07) is 5.65. The lowest BCUT2D eigenvalue weighted by molar-refractivity contribution is -0.384. The Bertz CT molecular complexity index is 1070. The third-order valence-corrected chi connectivity index (χ3v) is 3.98. The molecule has 3 aromatic rings. The van der Waals surface area contributed by atoms with E-state index < -0.39 is 16.7 Å². The van der Waals surface area contributed by atoms with E-state index in [-0.39, 0.29) is 40.3 Å². The zero-order valence-electron chi connectivity index (χ0n) is 13.7. The predicted molar refractivity (Wildman–Crippen MR) is 95.0 cm³/mol. The van der Waals surface area contributed by atoms with Gasteiger partial charge in [0.05, 0.1) is 21.6 Å². The second-order valence-electron chi connectivity index (χ2n) is 5.30. The highest BCUT2D eigenvalue weighted by Gasteiger charge is 2.22. The number of carbonyl (C=O) groups is 2. The molecule has 2 N–H and O–H groups in total. The van der Waals surface area contributed by atoms with Crippen LogP contribution in [-0.2, 0) is 4.79 Å². The van der Waals surface area contributed by atoms with Gasteiger partial charge < -0.3 is 0 Å². The van der Waals surface area contributed by atoms with Crippen molar-refractivity contribution in [2.75, 3.05) is 0 Å². The number of halogens is 1. The second kappa shape index (κ2) is 7.37. The Hall–Kier alpha value is -3.54. The quantitative estimate of drug-likeness (QED) is 0.515. The normalized spacial score (nSPS) is 10.6. The molecule has 0 saturated carbocycles. The summed E-state index contributed by atoms with van der Waals surface area (Å²) < 4.78 is 14.3. The highest BCUT2D eigenvalue weighted by Crippen LogP contribution is 2.33. The summed E-state index contributed by atoms with van der Waals surface area (Å²) in [5.74, 6) is -1.22. The van der Waals surface area contributed by atoms with Crippen molar-refractivity contribution in [2.24, 2.45) is 0 Å². The maximum absolute atomic E-state index is 13.3. The number of amides is 2. The van der Waals surface area contributed by atoms with E-state index in [2.05, 4.69) is 20.8 Å². The van der Waals surface area contributed by atoms with Gasteiger partial charge in [0, 0.05) is 30.8 Å². The molecule has 0 bridgehead atoms. The van der Waals surface area contributed by atoms with Gasteiger partial charge in [-0.1, -0.05) is 12.1 Å². The maximum atomic E-state index is 13.3. The summed E-state index contributed by atoms with van der Waals surface area (Å²) in [6.07, 6.45) is 2.36. The molecule has 3 rings (SSSR count). The minimum Gasteiger partial charge on any atom is -0.274 e. The first-order valence-corrected chi connectivity index (χ1v) is 8.06. The summed E-state index contributed by atoms with van der Waals surface area (Å²) >= 11 is -0.176. The molecule has 0 saturated heterocycles. The minimum atomic E-state index is -0.718. The van der Waals surface area contributed by atoms with Gasteiger partial charge in [-0.15, -0.1) is 3.89 Å². The fourth-order valence-electron chi connectivity index (χ4n) is 2.46. The molecule has 2 heterocycles. The van der Waals surface area contributed by atoms with Crippen LogP contribution in [0.2, 0.25) is 0 Å². The topological polar surface area (TPSA) is 132 Å². The van der Waals surface area contributed by atoms with Gasteiger partial charge in [-0.25, -0.2) is 13.9 Å². The fraction of sp³-hybridized carbons (Fsp3) is 0.0667. The zero-order chi connectivity index (χ0) is 19.6. The van der Waals surface area contributed by atoms with Crippen molar-refractivity contribution in [3.05, 3.63) is 52.5 Å². The predicted octanol–water partition coefficient (Wildman–Crippen LogP) is 2.17. The molecule has 1 aromatic carbocycles. The van der Waals surface area contributed by atoms with Gasteiger partial charge in [0.25, 0.3) is 11.6 Å². The molecule has 27 heavy (non-hydrogen) atoms. The molecular formula is C15H11FN6O4S. The van der Waals surface area contributed by atoms with Gasteiger partial charge in [-0.05, 0) is 0 Å². The molecule has 0 aliphatic rings. The molecule has 0 fully saturated rings. The van der Waals surface area contributed by atoms with Gasteiger partial charge in [-0.3, -0.25) is 30.6 Å². The number of nitro benzene ring substituents is 1. The molecule has 0 atom stereocenters. The average molecular weight is 390 g/mol. The number of rotatable bonds is 4. The van der Waals surface area contributed by atoms with Crippen molar-refractivity contribution >= 4 is 40.9 Å². The average Bonchev–Trinajstić information content (AvgIpc) is 3.05. The summed E-state index contributed by atoms with van der Waals surface area (Å²) in [4.78, 5) is 42.0. The first-order chi connectivity index (χ1) is 12.9. The van der Waals surface area contributed by atoms with Gasteiger partial charge in [0.15, 0.2) is 18.0 Å². The molecule has 138 valence electrons. The lowest BCUT2D eigenvalue weighted by Gasteiger charge is -2.06. The van der Waals surface area contributed by atoms with Crippen molar-refractivity contribution < 1.29 is 18.4 Å². The Kier molecular flexibility index (Phi) is 4.98. The molecule has 0 spiro atoms. The minimum absolute atomic E-state index is 0.00833. The number of nitro groups is 1. The monoisotopic (exact) mass is 390 g/mol. The smallest absolute Gasteiger partial charge is 0.272 e. The molecule has 2 aromatic heterocycles. The Labute approximate surface area is 155 Å². The van der Waals surface area contributed by atoms with Crippen LogP contribution in [0.1, 0.15) is 17.3 Å². The molecule has 12 heteroatoms. The van der Waals surface area contributed by atoms with Gasteiger partial charge >= 0.3 is 0 Å². The molecular weight excluding hydrogens is 379 g/mol. The Morgan fingerprint density at radius 3 is 2.74 bits per heavy atom. The van der Waals surface area contributed by atoms with Crippen LogP contribution in [0.3, 0.4) is 0 Å². The largest absolute Gasteiger partial charge is 0.274 e. The number of hydrogen-bond acceptors (Lipinski definition) is 7. The zero-order valence-corrected chi connectivity index (χ0v) is 14.5. The van der Waals surface area contributed by atoms with E-state index in [1.807, 2.05) is 0 Å². The first-order valence-electron chi connectivity index (χ1n) is 7.39. The van der Waals surface area contributed by atoms with Crippen molar-refractivity contribution in [1.29, 1.82) is 0 Å². The lowest BCUT2D eigenvalue weighted by Crippen LogP contribution is -2.40. The van der Waals surface area contributed by atoms with Crippen LogP contribution in [0.25, 0.3) is 22.3 Å². The van der Waals surface area contributed by atoms with Crippen LogP contribution in [0.5, 0.6) is 0 Å². The molecule has 0 unspecified atom stereocenters. The van der Waals surface area contributed by atoms with Crippen molar-refractivity contribution in [3.63, 3.8) is 0 Å². The van der Waals surface area contributed by atoms with Gasteiger partial charge in [0.2, 0.25) is 5.91 Å². The van der Waals surface area contributed by atoms with E-state index in [1.54, 1.807) is 6.07 Å². The molecule has 0 radical (unpaired) electrons. The van der Waals surface area contributed by atoms with E-state index in [0.29, 0.717) is 5.56 Å². The van der Waals surface area contributed by atoms with Crippen molar-refractivity contribution in [3.8, 4) is 11.3 Å². The van der Waals surface area contributed by atoms with E-state index >= 15 is 0 Å². The van der Waals surface area contributed by atoms with E-state index in [4.69, 9.17) is 0 Å². The van der Waals surface area contributed by atoms with Crippen LogP contribution in [0.4, 0.5) is 9.57 Å². The van der Waals surface area contributed by atoms with Crippen molar-refractivity contribution in [2.45, 2.75) is 6.92 Å². The summed E-state index contributed by atoms with van der Waals surface area (Å²) in [6.45, 7) is 1.21. The van der Waals surface area contributed by atoms with E-state index in [1.165, 1.54) is 37.6 Å². The summed E-state index contributed by atoms with van der Waals surface area (Å²) in [7, 11) is 0. The number of aromatic nitrogens is 3. The number of hydrazine groups is 1. The summed E-state index contributed by atoms with van der Waals surface area (Å²) in [5, 5.41) is 11.2. The van der Waals surface area contributed by atoms with Crippen molar-refractivity contribution in [1.82, 2.24) is 24.8 Å². The fourth-order valence-corrected chi connectivity index (χ4v) is 2.81. The van der Waals surface area contributed by atoms with E-state index in [0.717, 1.165) is 3.97 Å². The molecule has 10 nitrogen and oxygen atoms in total. The highest BCUT2D eigenvalue weighted by atomic mass is 32.2. The number of carbonyl (C=O) groups excluding carboxylic acids is 2. The van der Waals surface area contributed by atoms with Crippen LogP contribution < -0.4 is 10.9 Å². The lowest BCUT2D eigenvalue weighted by atomic mass is 10.1. The standard InChI is InChI=1S/C15H11FN6O4S/c1-8(23)19-20-15(24)11-6-21(27-16)14-12(11)13(17-7-18-14)9-3-2-4-10(5-9)22(25)26/h2-7H,1H3,(H,19,23)(H,20,24). The molecule has 2 amide bonds. The van der Waals surface area contributed by atoms with Gasteiger partial charge in [0.1, 0.15) is 6.33 Å². The highest BCUT2D eigenvalue weighted by molar-refractivity contribution is 7.92. The van der Waals surface area contributed by atoms with Crippen LogP contribution in [0.15, 0.2) is 36.8 Å². The number of fused-ring (bicyclic) bond motifs is 1. The number of nitrogens with zero attached hydrogens (tertiary/aromatic N) is 4. The molecule has 0 aliphatic heterocycles. The number of benzene rings is 1. The molecule has 0 aliphatic carbocycles. The summed E-state index contributed by atoms with van der Waals surface area (Å²) in [5.41, 5.74) is 4.83. The number of hydrogen-bond donors (Lipinski definition) is 2. The Morgan fingerprint density at radius 1 is 1.30 bits per heavy atom. The first kappa shape index (κ1) is 18.3. The maximum Gasteiger partial charge on any atom is 0.272 e. The third-order valence-electron chi connectivity index (χ3n) is 3.55. The Balaban J connectivity index is 2.20. The van der Waals surface area contributed by atoms with Crippen LogP contribution >= 0.6 is 12.3 Å². The second-order valence-corrected chi connectivity index (χ2v) is 5.83. The SMILES string of the molecule is CC(=O)NNC(=O)c1cn(SF)c2ncnc(-c3cccc([N+](=O)[O-])c3)c12. The van der Waals surface area contributed by atoms with Gasteiger partial charge in [-0.2, -0.15) is 0 Å². The number of nitrogens with one attached hydrogen (secondary N) is 2. The van der Waals surface area contributed by atoms with Crippen LogP contribution in [0, 0.1) is 10.1 Å². The van der Waals surface area contributed by atoms with Crippen LogP contribution in [-0.4, -0.2) is 30.7 Å². The Morgan fingerprint density at radius 2 is 2.07 bits per heavy atom. The van der Waals surface area contributed by atoms with E-state index in [9.17, 15) is 23.6 Å². The number of non-ortho nitro benzene ring substituents is 1.